The number of thiophene rings is 1. The van der Waals surface area contributed by atoms with E-state index in [1.807, 2.05) is 20.8 Å². The second-order valence-corrected chi connectivity index (χ2v) is 10.1. The molecular formula is C14H26N2O2S2. The van der Waals surface area contributed by atoms with Crippen LogP contribution in [0.2, 0.25) is 0 Å². The number of sulfonamides is 1. The van der Waals surface area contributed by atoms with Crippen LogP contribution in [-0.2, 0) is 16.6 Å². The fourth-order valence-corrected chi connectivity index (χ4v) is 5.48. The van der Waals surface area contributed by atoms with Crippen molar-refractivity contribution < 1.29 is 8.42 Å². The van der Waals surface area contributed by atoms with Crippen molar-refractivity contribution >= 4 is 21.4 Å². The smallest absolute Gasteiger partial charge is 0.250 e. The third-order valence-corrected chi connectivity index (χ3v) is 6.26. The predicted octanol–water partition coefficient (Wildman–Crippen LogP) is 3.01. The molecule has 0 saturated heterocycles. The summed E-state index contributed by atoms with van der Waals surface area (Å²) in [6.07, 6.45) is 0.757. The molecule has 0 aliphatic carbocycles. The van der Waals surface area contributed by atoms with Crippen LogP contribution in [0.15, 0.2) is 10.3 Å². The van der Waals surface area contributed by atoms with E-state index in [0.29, 0.717) is 10.8 Å². The van der Waals surface area contributed by atoms with E-state index in [1.165, 1.54) is 11.3 Å². The van der Waals surface area contributed by atoms with Gasteiger partial charge >= 0.3 is 0 Å². The third kappa shape index (κ3) is 4.84. The minimum Gasteiger partial charge on any atom is -0.326 e. The monoisotopic (exact) mass is 318 g/mol. The average molecular weight is 319 g/mol. The molecule has 3 N–H and O–H groups in total. The van der Waals surface area contributed by atoms with Gasteiger partial charge in [0.05, 0.1) is 0 Å². The van der Waals surface area contributed by atoms with E-state index < -0.39 is 15.6 Å². The second-order valence-electron chi connectivity index (χ2n) is 7.10. The molecule has 20 heavy (non-hydrogen) atoms. The largest absolute Gasteiger partial charge is 0.326 e. The standard InChI is InChI=1S/C14H26N2O2S2/c1-10-7-12(19-11(10)8-15)20(17,18)16-14(5,6)9-13(2,3)4/h7,16H,8-9,15H2,1-6H3. The lowest BCUT2D eigenvalue weighted by Gasteiger charge is -2.32. The fraction of sp³-hybridized carbons (Fsp3) is 0.714. The summed E-state index contributed by atoms with van der Waals surface area (Å²) >= 11 is 1.25. The number of hydrogen-bond acceptors (Lipinski definition) is 4. The second kappa shape index (κ2) is 5.75. The molecule has 4 nitrogen and oxygen atoms in total. The van der Waals surface area contributed by atoms with Crippen LogP contribution in [0.5, 0.6) is 0 Å². The van der Waals surface area contributed by atoms with Crippen LogP contribution in [0.25, 0.3) is 0 Å². The Balaban J connectivity index is 2.99. The molecule has 0 aliphatic heterocycles. The molecule has 0 spiro atoms. The molecule has 0 unspecified atom stereocenters. The summed E-state index contributed by atoms with van der Waals surface area (Å²) < 4.78 is 28.1. The van der Waals surface area contributed by atoms with E-state index in [2.05, 4.69) is 25.5 Å². The Bertz CT molecular complexity index is 566. The maximum Gasteiger partial charge on any atom is 0.250 e. The van der Waals surface area contributed by atoms with Gasteiger partial charge in [-0.2, -0.15) is 0 Å². The van der Waals surface area contributed by atoms with Crippen molar-refractivity contribution in [2.75, 3.05) is 0 Å². The number of rotatable bonds is 5. The molecule has 116 valence electrons. The zero-order valence-corrected chi connectivity index (χ0v) is 14.8. The molecule has 1 rings (SSSR count). The van der Waals surface area contributed by atoms with E-state index in [4.69, 9.17) is 5.73 Å². The van der Waals surface area contributed by atoms with Gasteiger partial charge in [0.1, 0.15) is 4.21 Å². The Kier molecular flexibility index (Phi) is 5.07. The first kappa shape index (κ1) is 17.6. The molecule has 1 heterocycles. The van der Waals surface area contributed by atoms with Crippen LogP contribution in [0, 0.1) is 12.3 Å². The normalized spacial score (nSPS) is 13.8. The van der Waals surface area contributed by atoms with Gasteiger partial charge in [0, 0.05) is 17.0 Å². The van der Waals surface area contributed by atoms with Crippen LogP contribution in [0.3, 0.4) is 0 Å². The molecule has 0 aliphatic rings. The van der Waals surface area contributed by atoms with Gasteiger partial charge in [0.15, 0.2) is 0 Å². The van der Waals surface area contributed by atoms with Crippen LogP contribution >= 0.6 is 11.3 Å². The van der Waals surface area contributed by atoms with Gasteiger partial charge < -0.3 is 5.73 Å². The minimum absolute atomic E-state index is 0.0554. The SMILES string of the molecule is Cc1cc(S(=O)(=O)NC(C)(C)CC(C)(C)C)sc1CN. The molecule has 1 aromatic heterocycles. The summed E-state index contributed by atoms with van der Waals surface area (Å²) in [4.78, 5) is 0.916. The first-order chi connectivity index (χ1) is 8.86. The lowest BCUT2D eigenvalue weighted by atomic mass is 9.82. The van der Waals surface area contributed by atoms with Gasteiger partial charge in [0.2, 0.25) is 0 Å². The maximum absolute atomic E-state index is 12.5. The van der Waals surface area contributed by atoms with Crippen LogP contribution in [-0.4, -0.2) is 14.0 Å². The van der Waals surface area contributed by atoms with Crippen molar-refractivity contribution in [3.63, 3.8) is 0 Å². The summed E-state index contributed by atoms with van der Waals surface area (Å²) in [6, 6.07) is 1.70. The third-order valence-electron chi connectivity index (χ3n) is 2.83. The highest BCUT2D eigenvalue weighted by Gasteiger charge is 2.31. The quantitative estimate of drug-likeness (QED) is 0.876. The maximum atomic E-state index is 12.5. The van der Waals surface area contributed by atoms with Gasteiger partial charge in [-0.3, -0.25) is 0 Å². The van der Waals surface area contributed by atoms with E-state index in [1.54, 1.807) is 6.07 Å². The predicted molar refractivity (Wildman–Crippen MR) is 85.4 cm³/mol. The van der Waals surface area contributed by atoms with Gasteiger partial charge in [-0.05, 0) is 44.2 Å². The van der Waals surface area contributed by atoms with Crippen LogP contribution in [0.4, 0.5) is 0 Å². The lowest BCUT2D eigenvalue weighted by Crippen LogP contribution is -2.45. The van der Waals surface area contributed by atoms with E-state index in [9.17, 15) is 8.42 Å². The molecule has 0 radical (unpaired) electrons. The molecule has 0 saturated carbocycles. The molecule has 0 amide bonds. The minimum atomic E-state index is -3.49. The molecule has 0 atom stereocenters. The topological polar surface area (TPSA) is 72.2 Å². The number of nitrogens with one attached hydrogen (secondary N) is 1. The lowest BCUT2D eigenvalue weighted by molar-refractivity contribution is 0.269. The molecule has 0 fully saturated rings. The number of hydrogen-bond donors (Lipinski definition) is 2. The van der Waals surface area contributed by atoms with E-state index in [-0.39, 0.29) is 5.41 Å². The Hall–Kier alpha value is -0.430. The van der Waals surface area contributed by atoms with Crippen molar-refractivity contribution in [1.82, 2.24) is 4.72 Å². The average Bonchev–Trinajstić information content (AvgIpc) is 2.54. The summed E-state index contributed by atoms with van der Waals surface area (Å²) in [5, 5.41) is 0. The molecule has 0 bridgehead atoms. The summed E-state index contributed by atoms with van der Waals surface area (Å²) in [7, 11) is -3.49. The van der Waals surface area contributed by atoms with Gasteiger partial charge in [-0.1, -0.05) is 20.8 Å². The van der Waals surface area contributed by atoms with Crippen molar-refractivity contribution in [1.29, 1.82) is 0 Å². The zero-order valence-electron chi connectivity index (χ0n) is 13.2. The highest BCUT2D eigenvalue weighted by molar-refractivity contribution is 7.91. The molecule has 0 aromatic carbocycles. The van der Waals surface area contributed by atoms with Crippen molar-refractivity contribution in [2.24, 2.45) is 11.1 Å². The number of nitrogens with two attached hydrogens (primary N) is 1. The number of aryl methyl sites for hydroxylation is 1. The summed E-state index contributed by atoms with van der Waals surface area (Å²) in [6.45, 7) is 12.4. The fourth-order valence-electron chi connectivity index (χ4n) is 2.60. The molecular weight excluding hydrogens is 292 g/mol. The zero-order chi connectivity index (χ0) is 15.8. The summed E-state index contributed by atoms with van der Waals surface area (Å²) in [5.74, 6) is 0. The van der Waals surface area contributed by atoms with Gasteiger partial charge in [-0.15, -0.1) is 11.3 Å². The Morgan fingerprint density at radius 2 is 1.80 bits per heavy atom. The highest BCUT2D eigenvalue weighted by atomic mass is 32.2. The van der Waals surface area contributed by atoms with Crippen molar-refractivity contribution in [3.05, 3.63) is 16.5 Å². The Labute approximate surface area is 126 Å². The van der Waals surface area contributed by atoms with Gasteiger partial charge in [-0.25, -0.2) is 13.1 Å². The molecule has 1 aromatic rings. The first-order valence-corrected chi connectivity index (χ1v) is 9.00. The van der Waals surface area contributed by atoms with Crippen LogP contribution in [0.1, 0.15) is 51.5 Å². The van der Waals surface area contributed by atoms with Crippen LogP contribution < -0.4 is 10.5 Å². The molecule has 6 heteroatoms. The van der Waals surface area contributed by atoms with Crippen molar-refractivity contribution in [2.45, 2.75) is 64.3 Å². The van der Waals surface area contributed by atoms with Gasteiger partial charge in [0.25, 0.3) is 10.0 Å². The van der Waals surface area contributed by atoms with Crippen molar-refractivity contribution in [3.8, 4) is 0 Å². The van der Waals surface area contributed by atoms with E-state index >= 15 is 0 Å². The highest BCUT2D eigenvalue weighted by Crippen LogP contribution is 2.30. The Morgan fingerprint density at radius 1 is 1.25 bits per heavy atom. The van der Waals surface area contributed by atoms with E-state index in [0.717, 1.165) is 16.9 Å². The first-order valence-electron chi connectivity index (χ1n) is 6.70. The Morgan fingerprint density at radius 3 is 2.20 bits per heavy atom. The summed E-state index contributed by atoms with van der Waals surface area (Å²) in [5.41, 5.74) is 6.12.